The Morgan fingerprint density at radius 1 is 0.750 bits per heavy atom. The van der Waals surface area contributed by atoms with E-state index < -0.39 is 0 Å². The normalized spacial score (nSPS) is 28.2. The van der Waals surface area contributed by atoms with Crippen LogP contribution in [0.3, 0.4) is 0 Å². The molecular formula is C26H41FO. The lowest BCUT2D eigenvalue weighted by atomic mass is 9.68. The Kier molecular flexibility index (Phi) is 9.15. The topological polar surface area (TPSA) is 9.23 Å². The summed E-state index contributed by atoms with van der Waals surface area (Å²) in [6, 6.07) is 6.38. The minimum atomic E-state index is -0.200. The molecule has 158 valence electrons. The number of halogens is 1. The van der Waals surface area contributed by atoms with Crippen molar-refractivity contribution >= 4 is 0 Å². The zero-order valence-corrected chi connectivity index (χ0v) is 18.0. The fourth-order valence-corrected chi connectivity index (χ4v) is 5.67. The summed E-state index contributed by atoms with van der Waals surface area (Å²) in [5, 5.41) is 0. The van der Waals surface area contributed by atoms with Gasteiger partial charge in [-0.15, -0.1) is 0 Å². The molecule has 1 nitrogen and oxygen atoms in total. The third-order valence-electron chi connectivity index (χ3n) is 7.50. The molecule has 0 atom stereocenters. The fraction of sp³-hybridized carbons (Fsp3) is 0.769. The Balaban J connectivity index is 1.25. The summed E-state index contributed by atoms with van der Waals surface area (Å²) in [7, 11) is 0. The number of hydrogen-bond acceptors (Lipinski definition) is 1. The quantitative estimate of drug-likeness (QED) is 0.367. The molecule has 1 aromatic rings. The van der Waals surface area contributed by atoms with Gasteiger partial charge in [0.2, 0.25) is 0 Å². The van der Waals surface area contributed by atoms with Crippen LogP contribution in [-0.2, 0) is 0 Å². The SMILES string of the molecule is CCCCCC1CCC(C2CCC(CCCOc3ccc(F)cc3)CC2)CC1. The van der Waals surface area contributed by atoms with Crippen LogP contribution in [0.25, 0.3) is 0 Å². The van der Waals surface area contributed by atoms with E-state index in [4.69, 9.17) is 4.74 Å². The van der Waals surface area contributed by atoms with Crippen molar-refractivity contribution in [3.8, 4) is 5.75 Å². The van der Waals surface area contributed by atoms with Crippen LogP contribution in [0.4, 0.5) is 4.39 Å². The summed E-state index contributed by atoms with van der Waals surface area (Å²) < 4.78 is 18.7. The predicted molar refractivity (Wildman–Crippen MR) is 116 cm³/mol. The molecule has 3 rings (SSSR count). The van der Waals surface area contributed by atoms with Gasteiger partial charge in [-0.3, -0.25) is 0 Å². The lowest BCUT2D eigenvalue weighted by Crippen LogP contribution is -2.26. The van der Waals surface area contributed by atoms with Crippen LogP contribution in [-0.4, -0.2) is 6.61 Å². The summed E-state index contributed by atoms with van der Waals surface area (Å²) in [5.41, 5.74) is 0. The van der Waals surface area contributed by atoms with Gasteiger partial charge in [0.25, 0.3) is 0 Å². The highest BCUT2D eigenvalue weighted by Gasteiger charge is 2.30. The summed E-state index contributed by atoms with van der Waals surface area (Å²) in [4.78, 5) is 0. The highest BCUT2D eigenvalue weighted by Crippen LogP contribution is 2.43. The van der Waals surface area contributed by atoms with Gasteiger partial charge >= 0.3 is 0 Å². The van der Waals surface area contributed by atoms with Crippen molar-refractivity contribution in [1.29, 1.82) is 0 Å². The second-order valence-corrected chi connectivity index (χ2v) is 9.50. The zero-order valence-electron chi connectivity index (χ0n) is 18.0. The lowest BCUT2D eigenvalue weighted by Gasteiger charge is -2.38. The molecule has 2 heteroatoms. The van der Waals surface area contributed by atoms with Gasteiger partial charge in [0.15, 0.2) is 0 Å². The molecule has 0 amide bonds. The summed E-state index contributed by atoms with van der Waals surface area (Å²) in [6.45, 7) is 3.07. The van der Waals surface area contributed by atoms with E-state index >= 15 is 0 Å². The molecule has 0 bridgehead atoms. The van der Waals surface area contributed by atoms with E-state index in [1.807, 2.05) is 0 Å². The van der Waals surface area contributed by atoms with Crippen molar-refractivity contribution in [2.24, 2.45) is 23.7 Å². The second kappa shape index (κ2) is 11.8. The smallest absolute Gasteiger partial charge is 0.123 e. The maximum Gasteiger partial charge on any atom is 0.123 e. The molecule has 2 fully saturated rings. The maximum absolute atomic E-state index is 12.9. The third kappa shape index (κ3) is 7.08. The molecule has 0 N–H and O–H groups in total. The predicted octanol–water partition coefficient (Wildman–Crippen LogP) is 8.18. The zero-order chi connectivity index (χ0) is 19.6. The van der Waals surface area contributed by atoms with Gasteiger partial charge in [-0.2, -0.15) is 0 Å². The van der Waals surface area contributed by atoms with Crippen molar-refractivity contribution in [2.45, 2.75) is 96.8 Å². The molecule has 0 unspecified atom stereocenters. The molecule has 0 saturated heterocycles. The first-order valence-corrected chi connectivity index (χ1v) is 12.1. The van der Waals surface area contributed by atoms with Crippen LogP contribution in [0, 0.1) is 29.5 Å². The number of rotatable bonds is 10. The van der Waals surface area contributed by atoms with E-state index in [-0.39, 0.29) is 5.82 Å². The lowest BCUT2D eigenvalue weighted by molar-refractivity contribution is 0.138. The maximum atomic E-state index is 12.9. The summed E-state index contributed by atoms with van der Waals surface area (Å²) in [5.74, 6) is 4.58. The number of ether oxygens (including phenoxy) is 1. The van der Waals surface area contributed by atoms with Crippen LogP contribution in [0.15, 0.2) is 24.3 Å². The van der Waals surface area contributed by atoms with E-state index in [0.717, 1.165) is 42.4 Å². The molecule has 0 aromatic heterocycles. The first-order chi connectivity index (χ1) is 13.7. The standard InChI is InChI=1S/C26H41FO/c1-2-3-4-6-21-8-12-23(13-9-21)24-14-10-22(11-15-24)7-5-20-28-26-18-16-25(27)17-19-26/h16-19,21-24H,2-15,20H2,1H3. The van der Waals surface area contributed by atoms with E-state index in [9.17, 15) is 4.39 Å². The van der Waals surface area contributed by atoms with E-state index in [2.05, 4.69) is 6.92 Å². The molecule has 2 saturated carbocycles. The fourth-order valence-electron chi connectivity index (χ4n) is 5.67. The van der Waals surface area contributed by atoms with Gasteiger partial charge in [0.1, 0.15) is 11.6 Å². The van der Waals surface area contributed by atoms with Crippen LogP contribution in [0.5, 0.6) is 5.75 Å². The van der Waals surface area contributed by atoms with Crippen molar-refractivity contribution in [3.05, 3.63) is 30.1 Å². The molecule has 2 aliphatic rings. The molecule has 0 heterocycles. The average molecular weight is 389 g/mol. The highest BCUT2D eigenvalue weighted by atomic mass is 19.1. The van der Waals surface area contributed by atoms with E-state index in [1.54, 1.807) is 12.1 Å². The Bertz CT molecular complexity index is 524. The van der Waals surface area contributed by atoms with Crippen molar-refractivity contribution in [3.63, 3.8) is 0 Å². The van der Waals surface area contributed by atoms with Crippen LogP contribution in [0.2, 0.25) is 0 Å². The van der Waals surface area contributed by atoms with Gasteiger partial charge in [-0.1, -0.05) is 58.3 Å². The van der Waals surface area contributed by atoms with Crippen LogP contribution in [0.1, 0.15) is 96.8 Å². The summed E-state index contributed by atoms with van der Waals surface area (Å²) >= 11 is 0. The minimum Gasteiger partial charge on any atom is -0.494 e. The van der Waals surface area contributed by atoms with Crippen molar-refractivity contribution < 1.29 is 9.13 Å². The Morgan fingerprint density at radius 2 is 1.29 bits per heavy atom. The first kappa shape index (κ1) is 21.7. The molecule has 2 aliphatic carbocycles. The van der Waals surface area contributed by atoms with Gasteiger partial charge in [0, 0.05) is 0 Å². The molecule has 28 heavy (non-hydrogen) atoms. The van der Waals surface area contributed by atoms with Crippen LogP contribution < -0.4 is 4.74 Å². The van der Waals surface area contributed by atoms with Gasteiger partial charge < -0.3 is 4.74 Å². The Hall–Kier alpha value is -1.05. The second-order valence-electron chi connectivity index (χ2n) is 9.50. The van der Waals surface area contributed by atoms with Gasteiger partial charge in [-0.05, 0) is 86.5 Å². The van der Waals surface area contributed by atoms with Gasteiger partial charge in [0.05, 0.1) is 6.61 Å². The monoisotopic (exact) mass is 388 g/mol. The molecular weight excluding hydrogens is 347 g/mol. The Labute approximate surface area is 172 Å². The Morgan fingerprint density at radius 3 is 1.82 bits per heavy atom. The highest BCUT2D eigenvalue weighted by molar-refractivity contribution is 5.21. The molecule has 0 spiro atoms. The molecule has 1 aromatic carbocycles. The van der Waals surface area contributed by atoms with E-state index in [0.29, 0.717) is 0 Å². The first-order valence-electron chi connectivity index (χ1n) is 12.1. The number of unbranched alkanes of at least 4 members (excludes halogenated alkanes) is 2. The number of hydrogen-bond donors (Lipinski definition) is 0. The molecule has 0 aliphatic heterocycles. The van der Waals surface area contributed by atoms with Gasteiger partial charge in [-0.25, -0.2) is 4.39 Å². The summed E-state index contributed by atoms with van der Waals surface area (Å²) in [6.07, 6.45) is 20.0. The van der Waals surface area contributed by atoms with Crippen LogP contribution >= 0.6 is 0 Å². The minimum absolute atomic E-state index is 0.200. The largest absolute Gasteiger partial charge is 0.494 e. The van der Waals surface area contributed by atoms with Crippen molar-refractivity contribution in [2.75, 3.05) is 6.61 Å². The average Bonchev–Trinajstić information content (AvgIpc) is 2.74. The number of benzene rings is 1. The van der Waals surface area contributed by atoms with Crippen molar-refractivity contribution in [1.82, 2.24) is 0 Å². The van der Waals surface area contributed by atoms with E-state index in [1.165, 1.54) is 95.6 Å². The third-order valence-corrected chi connectivity index (χ3v) is 7.50. The molecule has 0 radical (unpaired) electrons.